The van der Waals surface area contributed by atoms with Gasteiger partial charge in [0.1, 0.15) is 16.9 Å². The summed E-state index contributed by atoms with van der Waals surface area (Å²) in [6, 6.07) is 34.1. The molecule has 0 radical (unpaired) electrons. The molecule has 8 heteroatoms. The number of aromatic nitrogens is 8. The Morgan fingerprint density at radius 2 is 0.850 bits per heavy atom. The fraction of sp³-hybridized carbons (Fsp3) is 0. The van der Waals surface area contributed by atoms with Gasteiger partial charge in [0.15, 0.2) is 28.9 Å². The molecule has 2 N–H and O–H groups in total. The highest BCUT2D eigenvalue weighted by Gasteiger charge is 2.21. The third-order valence-electron chi connectivity index (χ3n) is 7.31. The lowest BCUT2D eigenvalue weighted by Gasteiger charge is -1.96. The quantitative estimate of drug-likeness (QED) is 0.241. The van der Waals surface area contributed by atoms with Gasteiger partial charge in [-0.1, -0.05) is 84.9 Å². The van der Waals surface area contributed by atoms with Crippen LogP contribution in [0.15, 0.2) is 84.9 Å². The number of nitrogens with zero attached hydrogens (tertiary/aromatic N) is 6. The molecule has 4 aromatic carbocycles. The number of benzene rings is 3. The van der Waals surface area contributed by atoms with E-state index in [9.17, 15) is 0 Å². The van der Waals surface area contributed by atoms with E-state index < -0.39 is 0 Å². The van der Waals surface area contributed by atoms with Crippen LogP contribution in [0.3, 0.4) is 0 Å². The Bertz CT molecular complexity index is 2030. The van der Waals surface area contributed by atoms with Crippen LogP contribution in [0.2, 0.25) is 0 Å². The van der Waals surface area contributed by atoms with Gasteiger partial charge in [0.25, 0.3) is 0 Å². The first-order chi connectivity index (χ1) is 19.8. The van der Waals surface area contributed by atoms with Crippen LogP contribution < -0.4 is 0 Å². The predicted molar refractivity (Wildman–Crippen MR) is 154 cm³/mol. The van der Waals surface area contributed by atoms with Crippen molar-refractivity contribution >= 4 is 44.1 Å². The monoisotopic (exact) mass is 512 g/mol. The molecule has 2 aliphatic rings. The number of aromatic amines is 2. The van der Waals surface area contributed by atoms with E-state index in [4.69, 9.17) is 29.9 Å². The van der Waals surface area contributed by atoms with Gasteiger partial charge in [0.05, 0.1) is 5.39 Å². The zero-order valence-electron chi connectivity index (χ0n) is 20.8. The number of H-pyrrole nitrogens is 2. The third-order valence-corrected chi connectivity index (χ3v) is 7.31. The van der Waals surface area contributed by atoms with Crippen molar-refractivity contribution in [3.8, 4) is 45.6 Å². The number of rotatable bonds is 0. The zero-order chi connectivity index (χ0) is 26.2. The average Bonchev–Trinajstić information content (AvgIpc) is 3.73. The summed E-state index contributed by atoms with van der Waals surface area (Å²) in [6.07, 6.45) is 0. The van der Waals surface area contributed by atoms with Gasteiger partial charge >= 0.3 is 0 Å². The first kappa shape index (κ1) is 21.0. The topological polar surface area (TPSA) is 109 Å². The minimum Gasteiger partial charge on any atom is -0.324 e. The lowest BCUT2D eigenvalue weighted by molar-refractivity contribution is 1.19. The Morgan fingerprint density at radius 1 is 0.425 bits per heavy atom. The Labute approximate surface area is 226 Å². The summed E-state index contributed by atoms with van der Waals surface area (Å²) in [6.45, 7) is 0. The van der Waals surface area contributed by atoms with Crippen LogP contribution in [0.4, 0.5) is 0 Å². The van der Waals surface area contributed by atoms with Gasteiger partial charge in [-0.3, -0.25) is 0 Å². The molecule has 0 saturated carbocycles. The molecule has 8 bridgehead atoms. The summed E-state index contributed by atoms with van der Waals surface area (Å²) in [5, 5.41) is 3.54. The second-order valence-corrected chi connectivity index (χ2v) is 9.64. The summed E-state index contributed by atoms with van der Waals surface area (Å²) >= 11 is 0. The van der Waals surface area contributed by atoms with Gasteiger partial charge < -0.3 is 9.97 Å². The van der Waals surface area contributed by atoms with E-state index in [1.807, 2.05) is 84.9 Å². The Balaban J connectivity index is 1.51. The Kier molecular flexibility index (Phi) is 4.10. The Morgan fingerprint density at radius 3 is 1.38 bits per heavy atom. The molecular formula is C32H16N8. The van der Waals surface area contributed by atoms with Crippen molar-refractivity contribution in [1.82, 2.24) is 39.9 Å². The van der Waals surface area contributed by atoms with Crippen LogP contribution in [-0.4, -0.2) is 39.9 Å². The van der Waals surface area contributed by atoms with Gasteiger partial charge in [-0.15, -0.1) is 0 Å². The maximum atomic E-state index is 5.00. The highest BCUT2D eigenvalue weighted by molar-refractivity contribution is 6.05. The highest BCUT2D eigenvalue weighted by atomic mass is 15.1. The van der Waals surface area contributed by atoms with Crippen molar-refractivity contribution < 1.29 is 0 Å². The fourth-order valence-corrected chi connectivity index (χ4v) is 5.46. The SMILES string of the molecule is c1ccc2c3nc4nc(nc5[nH]c(nc6nc(nc([nH]3)c2c#1)-c1ccccc1-6)c1ccccc51)-c1ccccc1-4. The fourth-order valence-electron chi connectivity index (χ4n) is 5.46. The highest BCUT2D eigenvalue weighted by Crippen LogP contribution is 2.36. The van der Waals surface area contributed by atoms with E-state index >= 15 is 0 Å². The number of hydrogen-bond acceptors (Lipinski definition) is 6. The summed E-state index contributed by atoms with van der Waals surface area (Å²) in [5.74, 6) is 2.30. The first-order valence-electron chi connectivity index (χ1n) is 12.8. The second kappa shape index (κ2) is 7.79. The van der Waals surface area contributed by atoms with Gasteiger partial charge in [-0.25, -0.2) is 29.9 Å². The molecule has 0 fully saturated rings. The molecule has 0 aliphatic carbocycles. The normalized spacial score (nSPS) is 11.8. The van der Waals surface area contributed by atoms with Crippen LogP contribution in [0.25, 0.3) is 89.7 Å². The van der Waals surface area contributed by atoms with Gasteiger partial charge in [0.2, 0.25) is 0 Å². The molecule has 0 unspecified atom stereocenters. The number of nitrogens with one attached hydrogen (secondary N) is 2. The predicted octanol–water partition coefficient (Wildman–Crippen LogP) is 6.47. The Hall–Kier alpha value is -5.94. The number of fused-ring (bicyclic) bond motifs is 20. The van der Waals surface area contributed by atoms with E-state index in [1.165, 1.54) is 0 Å². The van der Waals surface area contributed by atoms with Crippen molar-refractivity contribution in [3.05, 3.63) is 97.1 Å². The molecule has 0 saturated heterocycles. The van der Waals surface area contributed by atoms with Crippen molar-refractivity contribution in [2.45, 2.75) is 0 Å². The molecule has 9 rings (SSSR count). The molecule has 8 nitrogen and oxygen atoms in total. The molecule has 2 aliphatic heterocycles. The van der Waals surface area contributed by atoms with Crippen LogP contribution in [-0.2, 0) is 0 Å². The van der Waals surface area contributed by atoms with Crippen molar-refractivity contribution in [3.63, 3.8) is 0 Å². The molecule has 0 atom stereocenters. The average molecular weight is 513 g/mol. The summed E-state index contributed by atoms with van der Waals surface area (Å²) < 4.78 is 0. The third kappa shape index (κ3) is 2.97. The molecule has 3 aromatic heterocycles. The second-order valence-electron chi connectivity index (χ2n) is 9.64. The summed E-state index contributed by atoms with van der Waals surface area (Å²) in [4.78, 5) is 36.6. The van der Waals surface area contributed by atoms with Crippen LogP contribution in [0.1, 0.15) is 0 Å². The van der Waals surface area contributed by atoms with Crippen LogP contribution in [0.5, 0.6) is 0 Å². The standard InChI is InChI=1S/C32H16N8/c1-2-10-18-17(9-1)25-33-26(18)38-28-21-13-5-6-14-22(21)30(35-28)40-32-24-16-8-7-15-23(24)31(36-32)39-29-20-12-4-3-11-19(20)27(34-29)37-25/h1-7,9-15H,(H2,33,34,35,36,37,38,39,40). The maximum Gasteiger partial charge on any atom is 0.164 e. The molecule has 0 amide bonds. The van der Waals surface area contributed by atoms with E-state index in [-0.39, 0.29) is 0 Å². The first-order valence-corrected chi connectivity index (χ1v) is 12.8. The van der Waals surface area contributed by atoms with E-state index in [0.717, 1.165) is 43.8 Å². The minimum atomic E-state index is 0.563. The van der Waals surface area contributed by atoms with Crippen molar-refractivity contribution in [2.75, 3.05) is 0 Å². The van der Waals surface area contributed by atoms with Crippen molar-refractivity contribution in [1.29, 1.82) is 0 Å². The molecule has 184 valence electrons. The van der Waals surface area contributed by atoms with E-state index in [2.05, 4.69) is 22.1 Å². The van der Waals surface area contributed by atoms with E-state index in [1.54, 1.807) is 0 Å². The lowest BCUT2D eigenvalue weighted by Crippen LogP contribution is -1.82. The minimum absolute atomic E-state index is 0.563. The number of hydrogen-bond donors (Lipinski definition) is 2. The molecular weight excluding hydrogens is 496 g/mol. The van der Waals surface area contributed by atoms with Gasteiger partial charge in [0, 0.05) is 38.4 Å². The van der Waals surface area contributed by atoms with Crippen LogP contribution >= 0.6 is 0 Å². The lowest BCUT2D eigenvalue weighted by atomic mass is 10.1. The molecule has 40 heavy (non-hydrogen) atoms. The molecule has 0 spiro atoms. The molecule has 7 aromatic rings. The van der Waals surface area contributed by atoms with Crippen LogP contribution in [0, 0.1) is 12.1 Å². The molecule has 5 heterocycles. The smallest absolute Gasteiger partial charge is 0.164 e. The van der Waals surface area contributed by atoms with Crippen molar-refractivity contribution in [2.24, 2.45) is 0 Å². The summed E-state index contributed by atoms with van der Waals surface area (Å²) in [7, 11) is 0. The zero-order valence-corrected chi connectivity index (χ0v) is 20.8. The summed E-state index contributed by atoms with van der Waals surface area (Å²) in [5.41, 5.74) is 6.22. The van der Waals surface area contributed by atoms with Gasteiger partial charge in [-0.2, -0.15) is 0 Å². The van der Waals surface area contributed by atoms with Gasteiger partial charge in [-0.05, 0) is 12.1 Å². The van der Waals surface area contributed by atoms with E-state index in [0.29, 0.717) is 45.9 Å². The largest absolute Gasteiger partial charge is 0.324 e. The maximum absolute atomic E-state index is 5.00.